The molecule has 0 amide bonds. The Kier molecular flexibility index (Phi) is 4.22. The molecule has 1 saturated heterocycles. The van der Waals surface area contributed by atoms with E-state index in [0.29, 0.717) is 4.77 Å². The van der Waals surface area contributed by atoms with Gasteiger partial charge in [0, 0.05) is 24.5 Å². The van der Waals surface area contributed by atoms with E-state index in [1.165, 1.54) is 25.9 Å². The van der Waals surface area contributed by atoms with Crippen LogP contribution in [0, 0.1) is 4.77 Å². The van der Waals surface area contributed by atoms with Crippen LogP contribution in [0.25, 0.3) is 11.4 Å². The van der Waals surface area contributed by atoms with Crippen molar-refractivity contribution in [3.8, 4) is 11.4 Å². The standard InChI is InChI=1S/C14H19N5S/c20-14-17-16-13(12-5-3-6-15-11-12)19(14)10-4-9-18-7-1-2-8-18/h3,5-6,11H,1-2,4,7-10H2,(H,17,20). The lowest BCUT2D eigenvalue weighted by Gasteiger charge is -2.14. The first-order valence-electron chi connectivity index (χ1n) is 7.12. The molecule has 3 heterocycles. The number of nitrogens with one attached hydrogen (secondary N) is 1. The van der Waals surface area contributed by atoms with E-state index in [4.69, 9.17) is 12.2 Å². The fourth-order valence-electron chi connectivity index (χ4n) is 2.70. The lowest BCUT2D eigenvalue weighted by atomic mass is 10.2. The number of aromatic nitrogens is 4. The third-order valence-electron chi connectivity index (χ3n) is 3.73. The molecule has 20 heavy (non-hydrogen) atoms. The zero-order chi connectivity index (χ0) is 13.8. The van der Waals surface area contributed by atoms with Gasteiger partial charge in [-0.2, -0.15) is 5.10 Å². The van der Waals surface area contributed by atoms with Crippen molar-refractivity contribution in [2.45, 2.75) is 25.8 Å². The second-order valence-electron chi connectivity index (χ2n) is 5.15. The van der Waals surface area contributed by atoms with Gasteiger partial charge in [0.1, 0.15) is 0 Å². The highest BCUT2D eigenvalue weighted by Crippen LogP contribution is 2.16. The molecule has 0 saturated carbocycles. The Bertz CT molecular complexity index is 598. The highest BCUT2D eigenvalue weighted by atomic mass is 32.1. The molecule has 1 aliphatic rings. The summed E-state index contributed by atoms with van der Waals surface area (Å²) in [6.07, 6.45) is 7.36. The van der Waals surface area contributed by atoms with Crippen molar-refractivity contribution < 1.29 is 0 Å². The van der Waals surface area contributed by atoms with Gasteiger partial charge >= 0.3 is 0 Å². The van der Waals surface area contributed by atoms with Crippen LogP contribution in [0.4, 0.5) is 0 Å². The maximum Gasteiger partial charge on any atom is 0.195 e. The first-order valence-corrected chi connectivity index (χ1v) is 7.53. The molecule has 1 fully saturated rings. The van der Waals surface area contributed by atoms with Gasteiger partial charge in [-0.1, -0.05) is 0 Å². The molecule has 5 nitrogen and oxygen atoms in total. The summed E-state index contributed by atoms with van der Waals surface area (Å²) in [7, 11) is 0. The maximum absolute atomic E-state index is 5.33. The fraction of sp³-hybridized carbons (Fsp3) is 0.500. The molecule has 0 atom stereocenters. The Morgan fingerprint density at radius 2 is 2.10 bits per heavy atom. The van der Waals surface area contributed by atoms with Crippen LogP contribution in [0.2, 0.25) is 0 Å². The molecule has 0 spiro atoms. The number of hydrogen-bond donors (Lipinski definition) is 1. The number of pyridine rings is 1. The Hall–Kier alpha value is -1.53. The number of hydrogen-bond acceptors (Lipinski definition) is 4. The van der Waals surface area contributed by atoms with Gasteiger partial charge in [0.15, 0.2) is 10.6 Å². The van der Waals surface area contributed by atoms with Crippen LogP contribution in [0.5, 0.6) is 0 Å². The summed E-state index contributed by atoms with van der Waals surface area (Å²) in [5.74, 6) is 0.879. The Morgan fingerprint density at radius 1 is 1.25 bits per heavy atom. The smallest absolute Gasteiger partial charge is 0.195 e. The molecular weight excluding hydrogens is 270 g/mol. The predicted octanol–water partition coefficient (Wildman–Crippen LogP) is 2.49. The van der Waals surface area contributed by atoms with E-state index in [0.717, 1.165) is 30.9 Å². The summed E-state index contributed by atoms with van der Waals surface area (Å²) in [6, 6.07) is 3.93. The van der Waals surface area contributed by atoms with E-state index in [1.54, 1.807) is 6.20 Å². The van der Waals surface area contributed by atoms with Gasteiger partial charge in [-0.25, -0.2) is 0 Å². The molecule has 0 aliphatic carbocycles. The number of rotatable bonds is 5. The minimum absolute atomic E-state index is 0.685. The highest BCUT2D eigenvalue weighted by Gasteiger charge is 2.12. The zero-order valence-corrected chi connectivity index (χ0v) is 12.3. The van der Waals surface area contributed by atoms with Crippen molar-refractivity contribution in [1.29, 1.82) is 0 Å². The summed E-state index contributed by atoms with van der Waals surface area (Å²) in [5, 5.41) is 7.22. The summed E-state index contributed by atoms with van der Waals surface area (Å²) in [4.78, 5) is 6.67. The highest BCUT2D eigenvalue weighted by molar-refractivity contribution is 7.71. The molecule has 0 unspecified atom stereocenters. The van der Waals surface area contributed by atoms with Gasteiger partial charge in [0.2, 0.25) is 0 Å². The normalized spacial score (nSPS) is 15.8. The Balaban J connectivity index is 1.69. The van der Waals surface area contributed by atoms with Crippen molar-refractivity contribution in [3.05, 3.63) is 29.3 Å². The van der Waals surface area contributed by atoms with E-state index in [1.807, 2.05) is 18.3 Å². The van der Waals surface area contributed by atoms with Crippen molar-refractivity contribution in [2.24, 2.45) is 0 Å². The van der Waals surface area contributed by atoms with Crippen molar-refractivity contribution in [1.82, 2.24) is 24.6 Å². The van der Waals surface area contributed by atoms with Crippen LogP contribution in [0.1, 0.15) is 19.3 Å². The largest absolute Gasteiger partial charge is 0.303 e. The fourth-order valence-corrected chi connectivity index (χ4v) is 2.92. The minimum atomic E-state index is 0.685. The van der Waals surface area contributed by atoms with Crippen LogP contribution in [-0.4, -0.2) is 44.3 Å². The maximum atomic E-state index is 5.33. The third-order valence-corrected chi connectivity index (χ3v) is 4.04. The second-order valence-corrected chi connectivity index (χ2v) is 5.53. The summed E-state index contributed by atoms with van der Waals surface area (Å²) in [5.41, 5.74) is 1.00. The van der Waals surface area contributed by atoms with Gasteiger partial charge in [-0.3, -0.25) is 10.1 Å². The molecule has 1 aliphatic heterocycles. The molecule has 3 rings (SSSR count). The summed E-state index contributed by atoms with van der Waals surface area (Å²) in [6.45, 7) is 4.52. The molecule has 106 valence electrons. The van der Waals surface area contributed by atoms with Gasteiger partial charge in [-0.15, -0.1) is 0 Å². The monoisotopic (exact) mass is 289 g/mol. The van der Waals surface area contributed by atoms with Crippen LogP contribution < -0.4 is 0 Å². The number of nitrogens with zero attached hydrogens (tertiary/aromatic N) is 4. The minimum Gasteiger partial charge on any atom is -0.303 e. The lowest BCUT2D eigenvalue weighted by Crippen LogP contribution is -2.21. The molecule has 6 heteroatoms. The van der Waals surface area contributed by atoms with E-state index in [9.17, 15) is 0 Å². The topological polar surface area (TPSA) is 49.7 Å². The summed E-state index contributed by atoms with van der Waals surface area (Å²) >= 11 is 5.33. The van der Waals surface area contributed by atoms with Crippen molar-refractivity contribution >= 4 is 12.2 Å². The van der Waals surface area contributed by atoms with Crippen molar-refractivity contribution in [2.75, 3.05) is 19.6 Å². The first-order chi connectivity index (χ1) is 9.84. The van der Waals surface area contributed by atoms with Gasteiger partial charge in [-0.05, 0) is 63.2 Å². The van der Waals surface area contributed by atoms with Gasteiger partial charge in [0.25, 0.3) is 0 Å². The molecule has 2 aromatic rings. The molecule has 2 aromatic heterocycles. The first kappa shape index (κ1) is 13.5. The van der Waals surface area contributed by atoms with E-state index >= 15 is 0 Å². The van der Waals surface area contributed by atoms with E-state index in [-0.39, 0.29) is 0 Å². The zero-order valence-electron chi connectivity index (χ0n) is 11.5. The molecule has 0 radical (unpaired) electrons. The number of likely N-dealkylation sites (tertiary alicyclic amines) is 1. The lowest BCUT2D eigenvalue weighted by molar-refractivity contribution is 0.325. The molecule has 0 bridgehead atoms. The molecule has 1 N–H and O–H groups in total. The Labute approximate surface area is 123 Å². The molecular formula is C14H19N5S. The van der Waals surface area contributed by atoms with E-state index < -0.39 is 0 Å². The average Bonchev–Trinajstić information content (AvgIpc) is 3.11. The number of H-pyrrole nitrogens is 1. The van der Waals surface area contributed by atoms with Crippen LogP contribution >= 0.6 is 12.2 Å². The quantitative estimate of drug-likeness (QED) is 0.859. The average molecular weight is 289 g/mol. The van der Waals surface area contributed by atoms with Gasteiger partial charge < -0.3 is 9.47 Å². The SMILES string of the molecule is S=c1[nH]nc(-c2cccnc2)n1CCCN1CCCC1. The summed E-state index contributed by atoms with van der Waals surface area (Å²) < 4.78 is 2.76. The van der Waals surface area contributed by atoms with Crippen LogP contribution in [-0.2, 0) is 6.54 Å². The van der Waals surface area contributed by atoms with Crippen LogP contribution in [0.15, 0.2) is 24.5 Å². The Morgan fingerprint density at radius 3 is 2.85 bits per heavy atom. The van der Waals surface area contributed by atoms with Gasteiger partial charge in [0.05, 0.1) is 0 Å². The molecule has 0 aromatic carbocycles. The van der Waals surface area contributed by atoms with Crippen LogP contribution in [0.3, 0.4) is 0 Å². The predicted molar refractivity (Wildman–Crippen MR) is 80.9 cm³/mol. The third kappa shape index (κ3) is 2.96. The van der Waals surface area contributed by atoms with Crippen molar-refractivity contribution in [3.63, 3.8) is 0 Å². The number of aromatic amines is 1. The van der Waals surface area contributed by atoms with E-state index in [2.05, 4.69) is 24.6 Å². The second kappa shape index (κ2) is 6.28.